The summed E-state index contributed by atoms with van der Waals surface area (Å²) < 4.78 is 19.3. The van der Waals surface area contributed by atoms with Crippen LogP contribution in [-0.2, 0) is 14.2 Å². The third kappa shape index (κ3) is 5.74. The first kappa shape index (κ1) is 30.0. The van der Waals surface area contributed by atoms with Crippen molar-refractivity contribution in [3.05, 3.63) is 137 Å². The minimum absolute atomic E-state index is 0.157. The highest BCUT2D eigenvalue weighted by Crippen LogP contribution is 2.44. The quantitative estimate of drug-likeness (QED) is 0.102. The van der Waals surface area contributed by atoms with Crippen molar-refractivity contribution >= 4 is 34.7 Å². The van der Waals surface area contributed by atoms with E-state index in [9.17, 15) is 25.0 Å². The van der Waals surface area contributed by atoms with Gasteiger partial charge in [0.25, 0.3) is 5.91 Å². The van der Waals surface area contributed by atoms with Crippen LogP contribution in [0.4, 0.5) is 5.82 Å². The number of nitrogens with one attached hydrogen (secondary N) is 1. The predicted octanol–water partition coefficient (Wildman–Crippen LogP) is 4.66. The highest BCUT2D eigenvalue weighted by atomic mass is 16.7. The average Bonchev–Trinajstić information content (AvgIpc) is 3.66. The second kappa shape index (κ2) is 12.9. The molecule has 3 aromatic carbocycles. The normalized spacial score (nSPS) is 20.4. The zero-order valence-electron chi connectivity index (χ0n) is 23.9. The van der Waals surface area contributed by atoms with Crippen LogP contribution in [0.3, 0.4) is 0 Å². The van der Waals surface area contributed by atoms with Gasteiger partial charge in [-0.25, -0.2) is 19.6 Å². The molecule has 0 unspecified atom stereocenters. The van der Waals surface area contributed by atoms with Gasteiger partial charge in [-0.3, -0.25) is 4.79 Å². The molecule has 14 heteroatoms. The SMILES string of the molecule is [N-]=[N+]=N[C@]1(CO)O[C@@H](n2ccc3c(NC(=O)c4ccccc4)ncnc32)[C@H](OC(=O)c2ccccc2)[C@@H]1OC(=O)c1ccccc1. The Balaban J connectivity index is 1.42. The van der Waals surface area contributed by atoms with Gasteiger partial charge in [-0.15, -0.1) is 0 Å². The number of aliphatic hydroxyl groups excluding tert-OH is 1. The number of carbonyl (C=O) groups excluding carboxylic acids is 3. The van der Waals surface area contributed by atoms with Crippen molar-refractivity contribution < 1.29 is 33.7 Å². The lowest BCUT2D eigenvalue weighted by molar-refractivity contribution is -0.125. The van der Waals surface area contributed by atoms with Crippen LogP contribution in [0.25, 0.3) is 21.5 Å². The van der Waals surface area contributed by atoms with Crippen LogP contribution in [0, 0.1) is 0 Å². The lowest BCUT2D eigenvalue weighted by Crippen LogP contribution is -2.48. The molecule has 1 saturated heterocycles. The second-order valence-corrected chi connectivity index (χ2v) is 10.1. The van der Waals surface area contributed by atoms with Crippen molar-refractivity contribution in [1.82, 2.24) is 14.5 Å². The highest BCUT2D eigenvalue weighted by Gasteiger charge is 2.60. The Morgan fingerprint density at radius 1 is 0.891 bits per heavy atom. The van der Waals surface area contributed by atoms with E-state index in [1.165, 1.54) is 41.4 Å². The van der Waals surface area contributed by atoms with Crippen LogP contribution < -0.4 is 5.32 Å². The number of anilines is 1. The van der Waals surface area contributed by atoms with Gasteiger partial charge in [-0.1, -0.05) is 59.7 Å². The number of hydrogen-bond acceptors (Lipinski definition) is 10. The molecule has 1 fully saturated rings. The summed E-state index contributed by atoms with van der Waals surface area (Å²) in [6, 6.07) is 26.2. The molecule has 4 atom stereocenters. The lowest BCUT2D eigenvalue weighted by atomic mass is 10.0. The van der Waals surface area contributed by atoms with Crippen molar-refractivity contribution in [2.24, 2.45) is 5.11 Å². The fourth-order valence-electron chi connectivity index (χ4n) is 5.13. The summed E-state index contributed by atoms with van der Waals surface area (Å²) in [7, 11) is 0. The molecular formula is C32H25N7O7. The smallest absolute Gasteiger partial charge is 0.338 e. The number of azide groups is 1. The summed E-state index contributed by atoms with van der Waals surface area (Å²) in [6.07, 6.45) is -1.67. The summed E-state index contributed by atoms with van der Waals surface area (Å²) in [4.78, 5) is 51.0. The van der Waals surface area contributed by atoms with E-state index in [2.05, 4.69) is 25.3 Å². The molecule has 0 aliphatic carbocycles. The monoisotopic (exact) mass is 619 g/mol. The minimum atomic E-state index is -2.21. The van der Waals surface area contributed by atoms with Gasteiger partial charge in [0, 0.05) is 16.7 Å². The number of aliphatic hydroxyl groups is 1. The average molecular weight is 620 g/mol. The maximum Gasteiger partial charge on any atom is 0.338 e. The third-order valence-electron chi connectivity index (χ3n) is 7.34. The Morgan fingerprint density at radius 3 is 2.07 bits per heavy atom. The molecule has 1 amide bonds. The molecule has 5 aromatic rings. The highest BCUT2D eigenvalue weighted by molar-refractivity contribution is 6.07. The Hall–Kier alpha value is -6.08. The molecule has 14 nitrogen and oxygen atoms in total. The van der Waals surface area contributed by atoms with Gasteiger partial charge < -0.3 is 29.2 Å². The number of rotatable bonds is 9. The molecule has 3 heterocycles. The van der Waals surface area contributed by atoms with Crippen LogP contribution in [0.15, 0.2) is 115 Å². The summed E-state index contributed by atoms with van der Waals surface area (Å²) in [5.74, 6) is -1.86. The molecule has 2 N–H and O–H groups in total. The van der Waals surface area contributed by atoms with E-state index in [1.54, 1.807) is 72.8 Å². The fourth-order valence-corrected chi connectivity index (χ4v) is 5.13. The summed E-state index contributed by atoms with van der Waals surface area (Å²) in [6.45, 7) is -0.938. The van der Waals surface area contributed by atoms with Crippen LogP contribution in [0.2, 0.25) is 0 Å². The number of aromatic nitrogens is 3. The molecule has 2 aromatic heterocycles. The van der Waals surface area contributed by atoms with Crippen molar-refractivity contribution in [3.63, 3.8) is 0 Å². The second-order valence-electron chi connectivity index (χ2n) is 10.1. The van der Waals surface area contributed by atoms with Crippen molar-refractivity contribution in [2.75, 3.05) is 11.9 Å². The van der Waals surface area contributed by atoms with Crippen LogP contribution in [0.1, 0.15) is 37.3 Å². The zero-order valence-corrected chi connectivity index (χ0v) is 23.9. The van der Waals surface area contributed by atoms with Gasteiger partial charge in [-0.2, -0.15) is 0 Å². The Kier molecular flexibility index (Phi) is 8.39. The molecule has 0 bridgehead atoms. The summed E-state index contributed by atoms with van der Waals surface area (Å²) >= 11 is 0. The first-order valence-corrected chi connectivity index (χ1v) is 14.0. The molecule has 6 rings (SSSR count). The van der Waals surface area contributed by atoms with Gasteiger partial charge in [0.1, 0.15) is 17.8 Å². The van der Waals surface area contributed by atoms with Gasteiger partial charge in [0.2, 0.25) is 5.72 Å². The number of hydrogen-bond donors (Lipinski definition) is 2. The van der Waals surface area contributed by atoms with Gasteiger partial charge in [0.05, 0.1) is 23.1 Å². The molecule has 1 aliphatic rings. The lowest BCUT2D eigenvalue weighted by Gasteiger charge is -2.28. The van der Waals surface area contributed by atoms with Crippen molar-refractivity contribution in [3.8, 4) is 0 Å². The van der Waals surface area contributed by atoms with E-state index in [0.717, 1.165) is 0 Å². The molecule has 230 valence electrons. The van der Waals surface area contributed by atoms with Crippen molar-refractivity contribution in [1.29, 1.82) is 0 Å². The first-order valence-electron chi connectivity index (χ1n) is 14.0. The standard InChI is InChI=1S/C32H25N7O7/c33-38-37-32(18-40)25(45-31(43)22-14-8-3-9-15-22)24(44-30(42)21-12-6-2-7-13-21)29(46-32)39-17-16-23-26(34-19-35-27(23)39)36-28(41)20-10-4-1-5-11-20/h1-17,19,24-25,29,40H,18H2,(H,34,35,36,41)/t24-,25+,29-,32-/m1/s1. The van der Waals surface area contributed by atoms with Gasteiger partial charge in [-0.05, 0) is 48.0 Å². The van der Waals surface area contributed by atoms with Crippen LogP contribution in [0.5, 0.6) is 0 Å². The minimum Gasteiger partial charge on any atom is -0.451 e. The number of esters is 2. The molecule has 0 radical (unpaired) electrons. The Bertz CT molecular complexity index is 1930. The molecule has 46 heavy (non-hydrogen) atoms. The molecule has 1 aliphatic heterocycles. The Labute approximate surface area is 260 Å². The van der Waals surface area contributed by atoms with E-state index in [-0.39, 0.29) is 22.6 Å². The van der Waals surface area contributed by atoms with E-state index in [1.807, 2.05) is 0 Å². The number of carbonyl (C=O) groups is 3. The zero-order chi connectivity index (χ0) is 32.1. The van der Waals surface area contributed by atoms with Gasteiger partial charge in [0.15, 0.2) is 18.4 Å². The van der Waals surface area contributed by atoms with Gasteiger partial charge >= 0.3 is 11.9 Å². The number of nitrogens with zero attached hydrogens (tertiary/aromatic N) is 6. The largest absolute Gasteiger partial charge is 0.451 e. The third-order valence-corrected chi connectivity index (χ3v) is 7.34. The maximum absolute atomic E-state index is 13.4. The fraction of sp³-hybridized carbons (Fsp3) is 0.156. The number of ether oxygens (including phenoxy) is 3. The Morgan fingerprint density at radius 2 is 1.48 bits per heavy atom. The number of fused-ring (bicyclic) bond motifs is 1. The number of amides is 1. The predicted molar refractivity (Wildman–Crippen MR) is 162 cm³/mol. The molecule has 0 saturated carbocycles. The maximum atomic E-state index is 13.4. The summed E-state index contributed by atoms with van der Waals surface area (Å²) in [5.41, 5.74) is 8.26. The van der Waals surface area contributed by atoms with E-state index < -0.39 is 48.6 Å². The summed E-state index contributed by atoms with van der Waals surface area (Å²) in [5, 5.41) is 17.4. The van der Waals surface area contributed by atoms with Crippen LogP contribution >= 0.6 is 0 Å². The van der Waals surface area contributed by atoms with E-state index in [4.69, 9.17) is 14.2 Å². The van der Waals surface area contributed by atoms with Crippen LogP contribution in [-0.4, -0.2) is 62.0 Å². The molecule has 0 spiro atoms. The van der Waals surface area contributed by atoms with Crippen molar-refractivity contribution in [2.45, 2.75) is 24.2 Å². The topological polar surface area (TPSA) is 191 Å². The molecular weight excluding hydrogens is 594 g/mol. The number of benzene rings is 3. The first-order chi connectivity index (χ1) is 22.4. The van der Waals surface area contributed by atoms with E-state index in [0.29, 0.717) is 10.9 Å². The van der Waals surface area contributed by atoms with E-state index >= 15 is 0 Å².